The first kappa shape index (κ1) is 15.7. The average Bonchev–Trinajstić information content (AvgIpc) is 2.38. The first-order chi connectivity index (χ1) is 9.09. The average molecular weight is 264 g/mol. The number of rotatable bonds is 3. The molecule has 1 aromatic carbocycles. The molecule has 2 rings (SSSR count). The summed E-state index contributed by atoms with van der Waals surface area (Å²) in [4.78, 5) is 9.00. The van der Waals surface area contributed by atoms with Gasteiger partial charge in [-0.15, -0.1) is 0 Å². The minimum atomic E-state index is -0.833. The smallest absolute Gasteiger partial charge is 0.300 e. The molecule has 0 spiro atoms. The molecule has 2 atom stereocenters. The van der Waals surface area contributed by atoms with Gasteiger partial charge in [-0.1, -0.05) is 37.3 Å². The second kappa shape index (κ2) is 8.67. The molecule has 0 amide bonds. The molecular weight excluding hydrogens is 240 g/mol. The van der Waals surface area contributed by atoms with Crippen molar-refractivity contribution in [3.8, 4) is 0 Å². The number of aliphatic carboxylic acids is 1. The Hall–Kier alpha value is -1.39. The largest absolute Gasteiger partial charge is 0.481 e. The summed E-state index contributed by atoms with van der Waals surface area (Å²) in [6, 6.07) is 11.3. The lowest BCUT2D eigenvalue weighted by molar-refractivity contribution is -0.134. The van der Waals surface area contributed by atoms with Crippen LogP contribution in [0.25, 0.3) is 0 Å². The van der Waals surface area contributed by atoms with E-state index in [1.54, 1.807) is 0 Å². The molecule has 0 bridgehead atoms. The van der Waals surface area contributed by atoms with Crippen LogP contribution in [-0.2, 0) is 11.3 Å². The summed E-state index contributed by atoms with van der Waals surface area (Å²) in [5.74, 6) is -0.0949. The second-order valence-corrected chi connectivity index (χ2v) is 4.96. The number of nitrogens with one attached hydrogen (secondary N) is 2. The van der Waals surface area contributed by atoms with Crippen molar-refractivity contribution in [3.63, 3.8) is 0 Å². The fourth-order valence-electron chi connectivity index (χ4n) is 2.16. The molecule has 0 saturated carbocycles. The third-order valence-electron chi connectivity index (χ3n) is 3.20. The first-order valence-electron chi connectivity index (χ1n) is 6.77. The second-order valence-electron chi connectivity index (χ2n) is 4.96. The third-order valence-corrected chi connectivity index (χ3v) is 3.20. The minimum absolute atomic E-state index is 0.673. The van der Waals surface area contributed by atoms with E-state index in [1.807, 2.05) is 0 Å². The molecule has 1 saturated heterocycles. The summed E-state index contributed by atoms with van der Waals surface area (Å²) in [6.07, 6.45) is 1.24. The number of carboxylic acids is 1. The normalized spacial score (nSPS) is 22.2. The lowest BCUT2D eigenvalue weighted by atomic mass is 9.95. The fraction of sp³-hybridized carbons (Fsp3) is 0.533. The molecule has 4 heteroatoms. The maximum Gasteiger partial charge on any atom is 0.300 e. The van der Waals surface area contributed by atoms with Gasteiger partial charge in [0.25, 0.3) is 5.97 Å². The van der Waals surface area contributed by atoms with Crippen molar-refractivity contribution in [1.82, 2.24) is 10.6 Å². The highest BCUT2D eigenvalue weighted by atomic mass is 16.4. The predicted molar refractivity (Wildman–Crippen MR) is 77.0 cm³/mol. The Morgan fingerprint density at radius 2 is 2.05 bits per heavy atom. The fourth-order valence-corrected chi connectivity index (χ4v) is 2.16. The SMILES string of the molecule is CC(=O)O.CC1CNCCC1NCc1ccccc1. The molecule has 1 aromatic rings. The molecule has 1 aliphatic heterocycles. The van der Waals surface area contributed by atoms with Crippen LogP contribution in [0.4, 0.5) is 0 Å². The molecule has 1 heterocycles. The van der Waals surface area contributed by atoms with Crippen molar-refractivity contribution in [2.75, 3.05) is 13.1 Å². The molecule has 0 radical (unpaired) electrons. The molecule has 4 nitrogen and oxygen atoms in total. The van der Waals surface area contributed by atoms with Gasteiger partial charge in [-0.05, 0) is 31.0 Å². The van der Waals surface area contributed by atoms with Crippen LogP contribution in [0.3, 0.4) is 0 Å². The van der Waals surface area contributed by atoms with Crippen LogP contribution in [0, 0.1) is 5.92 Å². The molecule has 3 N–H and O–H groups in total. The Balaban J connectivity index is 0.000000399. The lowest BCUT2D eigenvalue weighted by Crippen LogP contribution is -2.45. The van der Waals surface area contributed by atoms with Crippen molar-refractivity contribution in [2.45, 2.75) is 32.9 Å². The highest BCUT2D eigenvalue weighted by Gasteiger charge is 2.19. The topological polar surface area (TPSA) is 61.4 Å². The molecule has 19 heavy (non-hydrogen) atoms. The Morgan fingerprint density at radius 3 is 2.63 bits per heavy atom. The van der Waals surface area contributed by atoms with Gasteiger partial charge in [0.2, 0.25) is 0 Å². The van der Waals surface area contributed by atoms with E-state index in [0.717, 1.165) is 32.5 Å². The summed E-state index contributed by atoms with van der Waals surface area (Å²) in [7, 11) is 0. The van der Waals surface area contributed by atoms with E-state index in [-0.39, 0.29) is 0 Å². The van der Waals surface area contributed by atoms with E-state index in [1.165, 1.54) is 12.0 Å². The summed E-state index contributed by atoms with van der Waals surface area (Å²) in [5, 5.41) is 14.5. The van der Waals surface area contributed by atoms with Crippen LogP contribution in [0.2, 0.25) is 0 Å². The zero-order valence-electron chi connectivity index (χ0n) is 11.7. The van der Waals surface area contributed by atoms with Gasteiger partial charge in [0, 0.05) is 19.5 Å². The van der Waals surface area contributed by atoms with Crippen molar-refractivity contribution < 1.29 is 9.90 Å². The van der Waals surface area contributed by atoms with Gasteiger partial charge in [-0.25, -0.2) is 0 Å². The summed E-state index contributed by atoms with van der Waals surface area (Å²) < 4.78 is 0. The van der Waals surface area contributed by atoms with Crippen LogP contribution >= 0.6 is 0 Å². The van der Waals surface area contributed by atoms with Crippen molar-refractivity contribution in [3.05, 3.63) is 35.9 Å². The molecule has 0 aromatic heterocycles. The number of carboxylic acid groups (broad SMARTS) is 1. The maximum absolute atomic E-state index is 9.00. The van der Waals surface area contributed by atoms with Crippen LogP contribution < -0.4 is 10.6 Å². The summed E-state index contributed by atoms with van der Waals surface area (Å²) in [6.45, 7) is 6.69. The van der Waals surface area contributed by atoms with Crippen molar-refractivity contribution in [1.29, 1.82) is 0 Å². The summed E-state index contributed by atoms with van der Waals surface area (Å²) in [5.41, 5.74) is 1.38. The Kier molecular flexibility index (Phi) is 7.15. The zero-order valence-corrected chi connectivity index (χ0v) is 11.7. The van der Waals surface area contributed by atoms with Gasteiger partial charge in [-0.3, -0.25) is 4.79 Å². The zero-order chi connectivity index (χ0) is 14.1. The van der Waals surface area contributed by atoms with Gasteiger partial charge >= 0.3 is 0 Å². The lowest BCUT2D eigenvalue weighted by Gasteiger charge is -2.30. The number of hydrogen-bond donors (Lipinski definition) is 3. The van der Waals surface area contributed by atoms with Crippen molar-refractivity contribution in [2.24, 2.45) is 5.92 Å². The third kappa shape index (κ3) is 6.94. The Labute approximate surface area is 115 Å². The van der Waals surface area contributed by atoms with Crippen LogP contribution in [0.15, 0.2) is 30.3 Å². The Bertz CT molecular complexity index is 364. The van der Waals surface area contributed by atoms with Gasteiger partial charge in [-0.2, -0.15) is 0 Å². The quantitative estimate of drug-likeness (QED) is 0.780. The predicted octanol–water partition coefficient (Wildman–Crippen LogP) is 1.87. The Morgan fingerprint density at radius 1 is 1.42 bits per heavy atom. The van der Waals surface area contributed by atoms with Gasteiger partial charge in [0.15, 0.2) is 0 Å². The van der Waals surface area contributed by atoms with Crippen LogP contribution in [0.5, 0.6) is 0 Å². The molecule has 106 valence electrons. The van der Waals surface area contributed by atoms with E-state index >= 15 is 0 Å². The van der Waals surface area contributed by atoms with E-state index in [0.29, 0.717) is 6.04 Å². The molecule has 1 fully saturated rings. The molecule has 0 aliphatic carbocycles. The van der Waals surface area contributed by atoms with E-state index < -0.39 is 5.97 Å². The van der Waals surface area contributed by atoms with Crippen molar-refractivity contribution >= 4 is 5.97 Å². The van der Waals surface area contributed by atoms with E-state index in [4.69, 9.17) is 9.90 Å². The summed E-state index contributed by atoms with van der Waals surface area (Å²) >= 11 is 0. The standard InChI is InChI=1S/C13H20N2.C2H4O2/c1-11-9-14-8-7-13(11)15-10-12-5-3-2-4-6-12;1-2(3)4/h2-6,11,13-15H,7-10H2,1H3;1H3,(H,3,4). The number of benzene rings is 1. The van der Waals surface area contributed by atoms with Gasteiger partial charge < -0.3 is 15.7 Å². The monoisotopic (exact) mass is 264 g/mol. The minimum Gasteiger partial charge on any atom is -0.481 e. The van der Waals surface area contributed by atoms with Gasteiger partial charge in [0.1, 0.15) is 0 Å². The van der Waals surface area contributed by atoms with E-state index in [9.17, 15) is 0 Å². The van der Waals surface area contributed by atoms with Crippen LogP contribution in [-0.4, -0.2) is 30.2 Å². The first-order valence-corrected chi connectivity index (χ1v) is 6.77. The molecule has 2 unspecified atom stereocenters. The number of piperidine rings is 1. The highest BCUT2D eigenvalue weighted by molar-refractivity contribution is 5.62. The molecule has 1 aliphatic rings. The highest BCUT2D eigenvalue weighted by Crippen LogP contribution is 2.11. The van der Waals surface area contributed by atoms with Crippen LogP contribution in [0.1, 0.15) is 25.8 Å². The number of hydrogen-bond acceptors (Lipinski definition) is 3. The molecular formula is C15H24N2O2. The van der Waals surface area contributed by atoms with Gasteiger partial charge in [0.05, 0.1) is 0 Å². The maximum atomic E-state index is 9.00. The number of carbonyl (C=O) groups is 1. The van der Waals surface area contributed by atoms with E-state index in [2.05, 4.69) is 47.9 Å².